The summed E-state index contributed by atoms with van der Waals surface area (Å²) in [7, 11) is 0. The summed E-state index contributed by atoms with van der Waals surface area (Å²) in [5.74, 6) is -2.05. The summed E-state index contributed by atoms with van der Waals surface area (Å²) in [5.41, 5.74) is 2.05. The number of aliphatic carboxylic acids is 1. The van der Waals surface area contributed by atoms with Gasteiger partial charge in [0.1, 0.15) is 18.0 Å². The molecular formula is C22H20F2N4O4. The molecule has 32 heavy (non-hydrogen) atoms. The van der Waals surface area contributed by atoms with E-state index in [0.717, 1.165) is 0 Å². The number of aliphatic hydroxyl groups is 2. The van der Waals surface area contributed by atoms with E-state index in [1.807, 2.05) is 0 Å². The minimum atomic E-state index is -1.23. The highest BCUT2D eigenvalue weighted by molar-refractivity contribution is 5.96. The molecule has 3 N–H and O–H groups in total. The average molecular weight is 442 g/mol. The van der Waals surface area contributed by atoms with E-state index in [0.29, 0.717) is 22.4 Å². The zero-order valence-electron chi connectivity index (χ0n) is 16.7. The van der Waals surface area contributed by atoms with Gasteiger partial charge in [0.15, 0.2) is 0 Å². The predicted octanol–water partition coefficient (Wildman–Crippen LogP) is 2.51. The second kappa shape index (κ2) is 10.5. The van der Waals surface area contributed by atoms with Gasteiger partial charge in [-0.15, -0.1) is 5.10 Å². The molecule has 0 aliphatic carbocycles. The zero-order chi connectivity index (χ0) is 23.1. The van der Waals surface area contributed by atoms with Gasteiger partial charge in [-0.2, -0.15) is 4.68 Å². The second-order valence-electron chi connectivity index (χ2n) is 6.94. The monoisotopic (exact) mass is 442 g/mol. The van der Waals surface area contributed by atoms with Crippen LogP contribution in [0, 0.1) is 11.6 Å². The number of rotatable bonds is 9. The summed E-state index contributed by atoms with van der Waals surface area (Å²) < 4.78 is 28.4. The summed E-state index contributed by atoms with van der Waals surface area (Å²) in [6.45, 7) is 0. The summed E-state index contributed by atoms with van der Waals surface area (Å²) in [5, 5.41) is 39.9. The molecule has 0 bridgehead atoms. The van der Waals surface area contributed by atoms with Crippen LogP contribution in [0.1, 0.15) is 24.0 Å². The SMILES string of the molecule is O=C(O)C[C@H](O)C[C@H](O)/C=C/C(=C(c1ccc(F)cc1)c1ccc(F)cc1)n1cnnn1. The highest BCUT2D eigenvalue weighted by atomic mass is 19.1. The van der Waals surface area contributed by atoms with E-state index in [1.54, 1.807) is 24.3 Å². The molecule has 1 heterocycles. The summed E-state index contributed by atoms with van der Waals surface area (Å²) in [6, 6.07) is 11.3. The lowest BCUT2D eigenvalue weighted by molar-refractivity contribution is -0.139. The molecule has 2 atom stereocenters. The van der Waals surface area contributed by atoms with Crippen LogP contribution in [-0.4, -0.2) is 53.7 Å². The fourth-order valence-electron chi connectivity index (χ4n) is 3.09. The third kappa shape index (κ3) is 6.13. The average Bonchev–Trinajstić information content (AvgIpc) is 3.27. The quantitative estimate of drug-likeness (QED) is 0.435. The van der Waals surface area contributed by atoms with Crippen molar-refractivity contribution in [2.24, 2.45) is 0 Å². The number of nitrogens with zero attached hydrogens (tertiary/aromatic N) is 4. The number of tetrazole rings is 1. The lowest BCUT2D eigenvalue weighted by Gasteiger charge is -2.15. The van der Waals surface area contributed by atoms with Gasteiger partial charge >= 0.3 is 5.97 Å². The fraction of sp³-hybridized carbons (Fsp3) is 0.182. The van der Waals surface area contributed by atoms with E-state index in [4.69, 9.17) is 5.11 Å². The van der Waals surface area contributed by atoms with Crippen LogP contribution >= 0.6 is 0 Å². The Hall–Kier alpha value is -3.76. The maximum atomic E-state index is 13.5. The third-order valence-corrected chi connectivity index (χ3v) is 4.52. The Morgan fingerprint density at radius 2 is 1.56 bits per heavy atom. The molecule has 0 saturated heterocycles. The Labute approximate surface area is 181 Å². The molecule has 3 rings (SSSR count). The zero-order valence-corrected chi connectivity index (χ0v) is 16.7. The molecule has 0 spiro atoms. The molecule has 3 aromatic rings. The maximum absolute atomic E-state index is 13.5. The lowest BCUT2D eigenvalue weighted by atomic mass is 9.95. The molecule has 0 aliphatic heterocycles. The highest BCUT2D eigenvalue weighted by Gasteiger charge is 2.16. The largest absolute Gasteiger partial charge is 0.481 e. The van der Waals surface area contributed by atoms with Gasteiger partial charge in [0, 0.05) is 12.0 Å². The first kappa shape index (κ1) is 22.9. The summed E-state index contributed by atoms with van der Waals surface area (Å²) in [4.78, 5) is 10.7. The number of benzene rings is 2. The molecule has 0 unspecified atom stereocenters. The Morgan fingerprint density at radius 3 is 2.03 bits per heavy atom. The molecule has 0 aliphatic rings. The molecule has 166 valence electrons. The fourth-order valence-corrected chi connectivity index (χ4v) is 3.09. The molecule has 1 aromatic heterocycles. The van der Waals surface area contributed by atoms with Crippen molar-refractivity contribution >= 4 is 17.2 Å². The van der Waals surface area contributed by atoms with Crippen molar-refractivity contribution in [2.75, 3.05) is 0 Å². The van der Waals surface area contributed by atoms with Crippen LogP contribution in [0.2, 0.25) is 0 Å². The van der Waals surface area contributed by atoms with E-state index >= 15 is 0 Å². The van der Waals surface area contributed by atoms with Gasteiger partial charge in [-0.3, -0.25) is 4.79 Å². The lowest BCUT2D eigenvalue weighted by Crippen LogP contribution is -2.19. The molecule has 10 heteroatoms. The molecule has 0 saturated carbocycles. The van der Waals surface area contributed by atoms with E-state index in [2.05, 4.69) is 15.5 Å². The van der Waals surface area contributed by atoms with Crippen molar-refractivity contribution in [1.29, 1.82) is 0 Å². The van der Waals surface area contributed by atoms with Gasteiger partial charge < -0.3 is 15.3 Å². The van der Waals surface area contributed by atoms with E-state index in [-0.39, 0.29) is 6.42 Å². The Morgan fingerprint density at radius 1 is 1.00 bits per heavy atom. The molecule has 8 nitrogen and oxygen atoms in total. The molecule has 0 fully saturated rings. The first-order chi connectivity index (χ1) is 15.3. The number of aliphatic hydroxyl groups excluding tert-OH is 2. The molecule has 0 amide bonds. The third-order valence-electron chi connectivity index (χ3n) is 4.52. The van der Waals surface area contributed by atoms with Crippen molar-refractivity contribution in [3.05, 3.63) is 89.8 Å². The van der Waals surface area contributed by atoms with Gasteiger partial charge in [-0.25, -0.2) is 8.78 Å². The van der Waals surface area contributed by atoms with Crippen LogP contribution in [0.5, 0.6) is 0 Å². The first-order valence-corrected chi connectivity index (χ1v) is 9.59. The normalized spacial score (nSPS) is 13.1. The van der Waals surface area contributed by atoms with Crippen LogP contribution in [0.4, 0.5) is 8.78 Å². The van der Waals surface area contributed by atoms with Crippen molar-refractivity contribution in [3.8, 4) is 0 Å². The molecule has 0 radical (unpaired) electrons. The summed E-state index contributed by atoms with van der Waals surface area (Å²) >= 11 is 0. The van der Waals surface area contributed by atoms with Crippen LogP contribution in [0.15, 0.2) is 67.0 Å². The topological polar surface area (TPSA) is 121 Å². The van der Waals surface area contributed by atoms with E-state index in [1.165, 1.54) is 47.4 Å². The number of carbonyl (C=O) groups is 1. The number of carboxylic acids is 1. The maximum Gasteiger partial charge on any atom is 0.305 e. The van der Waals surface area contributed by atoms with Gasteiger partial charge in [0.2, 0.25) is 0 Å². The number of hydrogen-bond acceptors (Lipinski definition) is 6. The minimum absolute atomic E-state index is 0.200. The molecular weight excluding hydrogens is 422 g/mol. The van der Waals surface area contributed by atoms with Crippen LogP contribution in [0.25, 0.3) is 11.3 Å². The Balaban J connectivity index is 2.08. The first-order valence-electron chi connectivity index (χ1n) is 9.59. The van der Waals surface area contributed by atoms with Gasteiger partial charge in [-0.1, -0.05) is 30.3 Å². The Bertz CT molecular complexity index is 1050. The van der Waals surface area contributed by atoms with Crippen LogP contribution in [-0.2, 0) is 4.79 Å². The van der Waals surface area contributed by atoms with Gasteiger partial charge in [0.25, 0.3) is 0 Å². The predicted molar refractivity (Wildman–Crippen MR) is 111 cm³/mol. The van der Waals surface area contributed by atoms with Gasteiger partial charge in [0.05, 0.1) is 24.3 Å². The highest BCUT2D eigenvalue weighted by Crippen LogP contribution is 2.30. The van der Waals surface area contributed by atoms with Crippen molar-refractivity contribution in [3.63, 3.8) is 0 Å². The van der Waals surface area contributed by atoms with E-state index < -0.39 is 36.2 Å². The number of aromatic nitrogens is 4. The van der Waals surface area contributed by atoms with Crippen molar-refractivity contribution in [1.82, 2.24) is 20.2 Å². The molecule has 2 aromatic carbocycles. The van der Waals surface area contributed by atoms with Crippen molar-refractivity contribution < 1.29 is 28.9 Å². The minimum Gasteiger partial charge on any atom is -0.481 e. The Kier molecular flexibility index (Phi) is 7.53. The summed E-state index contributed by atoms with van der Waals surface area (Å²) in [6.07, 6.45) is 1.06. The number of halogens is 2. The van der Waals surface area contributed by atoms with Gasteiger partial charge in [-0.05, 0) is 51.9 Å². The number of allylic oxidation sites excluding steroid dienone is 2. The van der Waals surface area contributed by atoms with E-state index in [9.17, 15) is 23.8 Å². The standard InChI is InChI=1S/C22H20F2N4O4/c23-16-5-1-14(2-6-16)22(15-3-7-17(24)8-4-15)20(28-13-25-26-27-28)10-9-18(29)11-19(30)12-21(31)32/h1-10,13,18-19,29-30H,11-12H2,(H,31,32)/b10-9+/t18-,19-/m1/s1. The number of hydrogen-bond donors (Lipinski definition) is 3. The van der Waals surface area contributed by atoms with Crippen LogP contribution < -0.4 is 0 Å². The number of carboxylic acid groups (broad SMARTS) is 1. The van der Waals surface area contributed by atoms with Crippen molar-refractivity contribution in [2.45, 2.75) is 25.0 Å². The second-order valence-corrected chi connectivity index (χ2v) is 6.94. The van der Waals surface area contributed by atoms with Crippen LogP contribution in [0.3, 0.4) is 0 Å². The smallest absolute Gasteiger partial charge is 0.305 e.